The lowest BCUT2D eigenvalue weighted by molar-refractivity contribution is -0.862. The molecular formula is C23H29N4O3+. The van der Waals surface area contributed by atoms with Crippen LogP contribution in [-0.4, -0.2) is 43.9 Å². The molecule has 1 heterocycles. The van der Waals surface area contributed by atoms with E-state index in [1.807, 2.05) is 64.2 Å². The molecular weight excluding hydrogens is 380 g/mol. The summed E-state index contributed by atoms with van der Waals surface area (Å²) in [6, 6.07) is 12.8. The van der Waals surface area contributed by atoms with Crippen LogP contribution in [0.2, 0.25) is 0 Å². The molecule has 3 N–H and O–H groups in total. The second-order valence-corrected chi connectivity index (χ2v) is 7.99. The van der Waals surface area contributed by atoms with Crippen LogP contribution in [0.15, 0.2) is 42.5 Å². The number of carbonyl (C=O) groups excluding carboxylic acids is 3. The van der Waals surface area contributed by atoms with Crippen LogP contribution in [0.25, 0.3) is 0 Å². The van der Waals surface area contributed by atoms with E-state index in [0.717, 1.165) is 21.7 Å². The van der Waals surface area contributed by atoms with Gasteiger partial charge in [-0.1, -0.05) is 24.3 Å². The van der Waals surface area contributed by atoms with Gasteiger partial charge in [0.25, 0.3) is 11.8 Å². The predicted molar refractivity (Wildman–Crippen MR) is 118 cm³/mol. The van der Waals surface area contributed by atoms with Crippen molar-refractivity contribution in [2.45, 2.75) is 33.2 Å². The molecule has 30 heavy (non-hydrogen) atoms. The number of quaternary nitrogens is 1. The Balaban J connectivity index is 1.67. The Morgan fingerprint density at radius 2 is 1.87 bits per heavy atom. The van der Waals surface area contributed by atoms with E-state index in [0.29, 0.717) is 11.4 Å². The Labute approximate surface area is 177 Å². The fourth-order valence-electron chi connectivity index (χ4n) is 3.73. The zero-order chi connectivity index (χ0) is 21.8. The molecule has 0 aromatic heterocycles. The summed E-state index contributed by atoms with van der Waals surface area (Å²) in [6.07, 6.45) is 0.229. The third-order valence-corrected chi connectivity index (χ3v) is 5.42. The van der Waals surface area contributed by atoms with Gasteiger partial charge in [0, 0.05) is 18.2 Å². The zero-order valence-electron chi connectivity index (χ0n) is 17.9. The molecule has 0 aliphatic carbocycles. The van der Waals surface area contributed by atoms with Gasteiger partial charge in [0.1, 0.15) is 0 Å². The third kappa shape index (κ3) is 4.86. The number of aryl methyl sites for hydroxylation is 1. The summed E-state index contributed by atoms with van der Waals surface area (Å²) in [6.45, 7) is 6.15. The quantitative estimate of drug-likeness (QED) is 0.700. The van der Waals surface area contributed by atoms with Gasteiger partial charge in [-0.05, 0) is 50.1 Å². The fourth-order valence-corrected chi connectivity index (χ4v) is 3.73. The van der Waals surface area contributed by atoms with Crippen LogP contribution in [-0.2, 0) is 14.4 Å². The molecule has 1 aliphatic rings. The minimum Gasteiger partial charge on any atom is -0.324 e. The van der Waals surface area contributed by atoms with E-state index in [1.165, 1.54) is 0 Å². The molecule has 1 aliphatic heterocycles. The highest BCUT2D eigenvalue weighted by Crippen LogP contribution is 2.31. The fraction of sp³-hybridized carbons (Fsp3) is 0.348. The van der Waals surface area contributed by atoms with Crippen molar-refractivity contribution in [3.8, 4) is 0 Å². The lowest BCUT2D eigenvalue weighted by Crippen LogP contribution is -3.11. The number of anilines is 3. The SMILES string of the molecule is Cc1cccc(NC(=O)C[NH+](C)CC(=O)N2c3ccccc3NC(=O)C[C@@H]2C)c1C. The highest BCUT2D eigenvalue weighted by molar-refractivity contribution is 6.04. The normalized spacial score (nSPS) is 16.9. The first kappa shape index (κ1) is 21.5. The monoisotopic (exact) mass is 409 g/mol. The largest absolute Gasteiger partial charge is 0.324 e. The van der Waals surface area contributed by atoms with Gasteiger partial charge in [-0.2, -0.15) is 0 Å². The van der Waals surface area contributed by atoms with E-state index in [-0.39, 0.29) is 43.3 Å². The Morgan fingerprint density at radius 3 is 2.63 bits per heavy atom. The molecule has 0 radical (unpaired) electrons. The van der Waals surface area contributed by atoms with E-state index in [9.17, 15) is 14.4 Å². The molecule has 0 saturated carbocycles. The van der Waals surface area contributed by atoms with Gasteiger partial charge < -0.3 is 20.4 Å². The molecule has 158 valence electrons. The minimum absolute atomic E-state index is 0.112. The Hall–Kier alpha value is -3.19. The summed E-state index contributed by atoms with van der Waals surface area (Å²) in [4.78, 5) is 40.2. The lowest BCUT2D eigenvalue weighted by Gasteiger charge is -2.28. The number of hydrogen-bond acceptors (Lipinski definition) is 3. The maximum absolute atomic E-state index is 13.1. The first-order chi connectivity index (χ1) is 14.3. The van der Waals surface area contributed by atoms with Crippen LogP contribution < -0.4 is 20.4 Å². The molecule has 7 heteroatoms. The molecule has 0 bridgehead atoms. The van der Waals surface area contributed by atoms with Crippen molar-refractivity contribution in [2.75, 3.05) is 35.7 Å². The Morgan fingerprint density at radius 1 is 1.13 bits per heavy atom. The van der Waals surface area contributed by atoms with Gasteiger partial charge >= 0.3 is 0 Å². The van der Waals surface area contributed by atoms with Crippen LogP contribution in [0.3, 0.4) is 0 Å². The molecule has 3 amide bonds. The Bertz CT molecular complexity index is 973. The highest BCUT2D eigenvalue weighted by atomic mass is 16.2. The number of rotatable bonds is 5. The summed E-state index contributed by atoms with van der Waals surface area (Å²) in [5, 5.41) is 5.79. The maximum Gasteiger partial charge on any atom is 0.282 e. The number of nitrogens with zero attached hydrogens (tertiary/aromatic N) is 1. The van der Waals surface area contributed by atoms with Crippen molar-refractivity contribution in [3.63, 3.8) is 0 Å². The number of nitrogens with one attached hydrogen (secondary N) is 3. The average molecular weight is 410 g/mol. The summed E-state index contributed by atoms with van der Waals surface area (Å²) >= 11 is 0. The molecule has 2 aromatic carbocycles. The van der Waals surface area contributed by atoms with Gasteiger partial charge in [0.05, 0.1) is 18.4 Å². The second kappa shape index (κ2) is 9.09. The molecule has 0 fully saturated rings. The summed E-state index contributed by atoms with van der Waals surface area (Å²) in [5.74, 6) is -0.377. The maximum atomic E-state index is 13.1. The number of fused-ring (bicyclic) bond motifs is 1. The van der Waals surface area contributed by atoms with Crippen molar-refractivity contribution in [1.82, 2.24) is 0 Å². The molecule has 3 rings (SSSR count). The number of hydrogen-bond donors (Lipinski definition) is 3. The number of benzene rings is 2. The number of likely N-dealkylation sites (N-methyl/N-ethyl adjacent to an activating group) is 1. The third-order valence-electron chi connectivity index (χ3n) is 5.42. The van der Waals surface area contributed by atoms with Crippen LogP contribution in [0.1, 0.15) is 24.5 Å². The smallest absolute Gasteiger partial charge is 0.282 e. The molecule has 7 nitrogen and oxygen atoms in total. The summed E-state index contributed by atoms with van der Waals surface area (Å²) < 4.78 is 0. The molecule has 2 atom stereocenters. The van der Waals surface area contributed by atoms with Gasteiger partial charge in [-0.15, -0.1) is 0 Å². The van der Waals surface area contributed by atoms with E-state index >= 15 is 0 Å². The van der Waals surface area contributed by atoms with Gasteiger partial charge in [-0.3, -0.25) is 14.4 Å². The van der Waals surface area contributed by atoms with Crippen LogP contribution in [0.5, 0.6) is 0 Å². The van der Waals surface area contributed by atoms with Crippen LogP contribution in [0, 0.1) is 13.8 Å². The van der Waals surface area contributed by atoms with Gasteiger partial charge in [-0.25, -0.2) is 0 Å². The lowest BCUT2D eigenvalue weighted by atomic mass is 10.1. The highest BCUT2D eigenvalue weighted by Gasteiger charge is 2.31. The zero-order valence-corrected chi connectivity index (χ0v) is 17.9. The van der Waals surface area contributed by atoms with E-state index in [4.69, 9.17) is 0 Å². The van der Waals surface area contributed by atoms with Crippen LogP contribution >= 0.6 is 0 Å². The summed E-state index contributed by atoms with van der Waals surface area (Å²) in [7, 11) is 1.82. The standard InChI is InChI=1S/C23H28N4O3/c1-15-8-7-10-18(17(15)3)24-22(29)13-26(4)14-23(30)27-16(2)12-21(28)25-19-9-5-6-11-20(19)27/h5-11,16H,12-14H2,1-4H3,(H,24,29)(H,25,28)/p+1/t16-/m0/s1. The number of carbonyl (C=O) groups is 3. The van der Waals surface area contributed by atoms with Gasteiger partial charge in [0.2, 0.25) is 5.91 Å². The first-order valence-corrected chi connectivity index (χ1v) is 10.1. The predicted octanol–water partition coefficient (Wildman–Crippen LogP) is 1.52. The van der Waals surface area contributed by atoms with Crippen molar-refractivity contribution < 1.29 is 19.3 Å². The molecule has 1 unspecified atom stereocenters. The summed E-state index contributed by atoms with van der Waals surface area (Å²) in [5.41, 5.74) is 4.25. The van der Waals surface area contributed by atoms with Crippen LogP contribution in [0.4, 0.5) is 17.1 Å². The average Bonchev–Trinajstić information content (AvgIpc) is 2.79. The van der Waals surface area contributed by atoms with E-state index < -0.39 is 0 Å². The molecule has 2 aromatic rings. The second-order valence-electron chi connectivity index (χ2n) is 7.99. The minimum atomic E-state index is -0.266. The molecule has 0 saturated heterocycles. The van der Waals surface area contributed by atoms with Gasteiger partial charge in [0.15, 0.2) is 13.1 Å². The molecule has 0 spiro atoms. The van der Waals surface area contributed by atoms with Crippen molar-refractivity contribution in [3.05, 3.63) is 53.6 Å². The van der Waals surface area contributed by atoms with Crippen molar-refractivity contribution in [2.24, 2.45) is 0 Å². The van der Waals surface area contributed by atoms with E-state index in [1.54, 1.807) is 11.0 Å². The van der Waals surface area contributed by atoms with Crippen molar-refractivity contribution >= 4 is 34.8 Å². The first-order valence-electron chi connectivity index (χ1n) is 10.1. The number of amides is 3. The topological polar surface area (TPSA) is 82.9 Å². The Kier molecular flexibility index (Phi) is 6.52. The number of para-hydroxylation sites is 2. The van der Waals surface area contributed by atoms with Crippen molar-refractivity contribution in [1.29, 1.82) is 0 Å². The van der Waals surface area contributed by atoms with E-state index in [2.05, 4.69) is 10.6 Å².